The molecule has 1 aliphatic heterocycles. The lowest BCUT2D eigenvalue weighted by Gasteiger charge is -2.36. The molecule has 1 aromatic heterocycles. The topological polar surface area (TPSA) is 32.3 Å². The molecule has 1 aromatic carbocycles. The predicted molar refractivity (Wildman–Crippen MR) is 102 cm³/mol. The summed E-state index contributed by atoms with van der Waals surface area (Å²) >= 11 is 1.78. The number of piperazine rings is 1. The Labute approximate surface area is 149 Å². The van der Waals surface area contributed by atoms with Gasteiger partial charge in [-0.15, -0.1) is 0 Å². The first-order valence-electron chi connectivity index (χ1n) is 8.68. The van der Waals surface area contributed by atoms with Gasteiger partial charge in [0.1, 0.15) is 0 Å². The van der Waals surface area contributed by atoms with Crippen molar-refractivity contribution in [2.75, 3.05) is 43.4 Å². The van der Waals surface area contributed by atoms with Gasteiger partial charge in [-0.1, -0.05) is 30.0 Å². The van der Waals surface area contributed by atoms with E-state index >= 15 is 0 Å². The molecule has 1 aliphatic rings. The zero-order chi connectivity index (χ0) is 16.8. The maximum atomic E-state index is 4.49. The minimum absolute atomic E-state index is 0.918. The van der Waals surface area contributed by atoms with E-state index in [4.69, 9.17) is 0 Å². The van der Waals surface area contributed by atoms with Gasteiger partial charge in [0, 0.05) is 49.0 Å². The van der Waals surface area contributed by atoms with E-state index in [0.717, 1.165) is 48.5 Å². The fourth-order valence-electron chi connectivity index (χ4n) is 3.08. The summed E-state index contributed by atoms with van der Waals surface area (Å²) in [6.07, 6.45) is 1.19. The van der Waals surface area contributed by atoms with E-state index in [2.05, 4.69) is 50.1 Å². The van der Waals surface area contributed by atoms with E-state index in [1.165, 1.54) is 18.7 Å². The molecular formula is C19H26N4S. The van der Waals surface area contributed by atoms with Crippen LogP contribution in [0.2, 0.25) is 0 Å². The van der Waals surface area contributed by atoms with Crippen LogP contribution in [0.15, 0.2) is 41.6 Å². The first-order chi connectivity index (χ1) is 11.7. The summed E-state index contributed by atoms with van der Waals surface area (Å²) in [7, 11) is 0. The van der Waals surface area contributed by atoms with E-state index in [1.807, 2.05) is 19.9 Å². The highest BCUT2D eigenvalue weighted by Gasteiger charge is 2.16. The maximum Gasteiger partial charge on any atom is 0.187 e. The lowest BCUT2D eigenvalue weighted by atomic mass is 10.2. The van der Waals surface area contributed by atoms with Gasteiger partial charge in [-0.2, -0.15) is 0 Å². The Kier molecular flexibility index (Phi) is 6.10. The van der Waals surface area contributed by atoms with Crippen molar-refractivity contribution >= 4 is 17.4 Å². The molecule has 2 aromatic rings. The number of nitrogens with zero attached hydrogens (tertiary/aromatic N) is 4. The summed E-state index contributed by atoms with van der Waals surface area (Å²) in [4.78, 5) is 14.0. The number of aryl methyl sites for hydroxylation is 2. The number of hydrogen-bond acceptors (Lipinski definition) is 5. The van der Waals surface area contributed by atoms with Crippen LogP contribution in [0.4, 0.5) is 5.69 Å². The lowest BCUT2D eigenvalue weighted by molar-refractivity contribution is 0.259. The van der Waals surface area contributed by atoms with Crippen LogP contribution < -0.4 is 4.90 Å². The van der Waals surface area contributed by atoms with Crippen LogP contribution in [0, 0.1) is 13.8 Å². The first kappa shape index (κ1) is 17.2. The summed E-state index contributed by atoms with van der Waals surface area (Å²) in [5, 5.41) is 0.918. The summed E-state index contributed by atoms with van der Waals surface area (Å²) in [6.45, 7) is 9.78. The van der Waals surface area contributed by atoms with Crippen LogP contribution >= 0.6 is 11.8 Å². The zero-order valence-electron chi connectivity index (χ0n) is 14.6. The van der Waals surface area contributed by atoms with Crippen LogP contribution in [0.5, 0.6) is 0 Å². The number of hydrogen-bond donors (Lipinski definition) is 0. The van der Waals surface area contributed by atoms with E-state index in [0.29, 0.717) is 0 Å². The SMILES string of the molecule is Cc1cc(C)nc(SCCCN2CCN(c3ccccc3)CC2)n1. The number of benzene rings is 1. The third kappa shape index (κ3) is 4.95. The zero-order valence-corrected chi connectivity index (χ0v) is 15.4. The van der Waals surface area contributed by atoms with Crippen molar-refractivity contribution in [2.24, 2.45) is 0 Å². The van der Waals surface area contributed by atoms with Crippen LogP contribution in [0.25, 0.3) is 0 Å². The molecule has 0 amide bonds. The summed E-state index contributed by atoms with van der Waals surface area (Å²) < 4.78 is 0. The molecule has 0 spiro atoms. The van der Waals surface area contributed by atoms with Gasteiger partial charge in [0.05, 0.1) is 0 Å². The van der Waals surface area contributed by atoms with Crippen LogP contribution in [0.3, 0.4) is 0 Å². The van der Waals surface area contributed by atoms with Gasteiger partial charge in [-0.3, -0.25) is 4.90 Å². The second-order valence-corrected chi connectivity index (χ2v) is 7.36. The number of aromatic nitrogens is 2. The van der Waals surface area contributed by atoms with Crippen molar-refractivity contribution in [2.45, 2.75) is 25.4 Å². The summed E-state index contributed by atoms with van der Waals surface area (Å²) in [6, 6.07) is 12.8. The fourth-order valence-corrected chi connectivity index (χ4v) is 3.95. The second kappa shape index (κ2) is 8.49. The lowest BCUT2D eigenvalue weighted by Crippen LogP contribution is -2.46. The van der Waals surface area contributed by atoms with Gasteiger partial charge in [-0.25, -0.2) is 9.97 Å². The number of para-hydroxylation sites is 1. The molecule has 3 rings (SSSR count). The van der Waals surface area contributed by atoms with Crippen LogP contribution in [0.1, 0.15) is 17.8 Å². The number of thioether (sulfide) groups is 1. The normalized spacial score (nSPS) is 15.7. The molecule has 2 heterocycles. The minimum atomic E-state index is 0.918. The minimum Gasteiger partial charge on any atom is -0.369 e. The molecule has 0 saturated carbocycles. The number of rotatable bonds is 6. The molecule has 0 bridgehead atoms. The van der Waals surface area contributed by atoms with Crippen LogP contribution in [-0.2, 0) is 0 Å². The monoisotopic (exact) mass is 342 g/mol. The highest BCUT2D eigenvalue weighted by Crippen LogP contribution is 2.17. The molecular weight excluding hydrogens is 316 g/mol. The van der Waals surface area contributed by atoms with Crippen molar-refractivity contribution < 1.29 is 0 Å². The average molecular weight is 343 g/mol. The Morgan fingerprint density at radius 3 is 2.29 bits per heavy atom. The van der Waals surface area contributed by atoms with Crippen molar-refractivity contribution in [3.63, 3.8) is 0 Å². The molecule has 1 fully saturated rings. The Hall–Kier alpha value is -1.59. The second-order valence-electron chi connectivity index (χ2n) is 6.30. The molecule has 0 unspecified atom stereocenters. The van der Waals surface area contributed by atoms with Crippen molar-refractivity contribution in [1.82, 2.24) is 14.9 Å². The number of anilines is 1. The van der Waals surface area contributed by atoms with Gasteiger partial charge in [0.2, 0.25) is 0 Å². The molecule has 0 aliphatic carbocycles. The van der Waals surface area contributed by atoms with Crippen LogP contribution in [-0.4, -0.2) is 53.3 Å². The van der Waals surface area contributed by atoms with Crippen molar-refractivity contribution in [1.29, 1.82) is 0 Å². The largest absolute Gasteiger partial charge is 0.369 e. The predicted octanol–water partition coefficient (Wildman–Crippen LogP) is 3.40. The Bertz CT molecular complexity index is 619. The third-order valence-electron chi connectivity index (χ3n) is 4.31. The van der Waals surface area contributed by atoms with E-state index in [1.54, 1.807) is 11.8 Å². The molecule has 24 heavy (non-hydrogen) atoms. The molecule has 4 nitrogen and oxygen atoms in total. The summed E-state index contributed by atoms with van der Waals surface area (Å²) in [5.74, 6) is 1.09. The molecule has 0 N–H and O–H groups in total. The Morgan fingerprint density at radius 1 is 0.958 bits per heavy atom. The standard InChI is InChI=1S/C19H26N4S/c1-16-15-17(2)21-19(20-16)24-14-6-9-22-10-12-23(13-11-22)18-7-4-3-5-8-18/h3-5,7-8,15H,6,9-14H2,1-2H3. The van der Waals surface area contributed by atoms with Gasteiger partial charge >= 0.3 is 0 Å². The molecule has 0 atom stereocenters. The smallest absolute Gasteiger partial charge is 0.187 e. The van der Waals surface area contributed by atoms with Gasteiger partial charge in [-0.05, 0) is 45.0 Å². The van der Waals surface area contributed by atoms with Crippen molar-refractivity contribution in [3.8, 4) is 0 Å². The van der Waals surface area contributed by atoms with Gasteiger partial charge in [0.15, 0.2) is 5.16 Å². The molecule has 0 radical (unpaired) electrons. The average Bonchev–Trinajstić information content (AvgIpc) is 2.59. The van der Waals surface area contributed by atoms with Gasteiger partial charge < -0.3 is 4.90 Å². The Morgan fingerprint density at radius 2 is 1.62 bits per heavy atom. The first-order valence-corrected chi connectivity index (χ1v) is 9.67. The molecule has 1 saturated heterocycles. The van der Waals surface area contributed by atoms with Gasteiger partial charge in [0.25, 0.3) is 0 Å². The quantitative estimate of drug-likeness (QED) is 0.456. The highest BCUT2D eigenvalue weighted by atomic mass is 32.2. The fraction of sp³-hybridized carbons (Fsp3) is 0.474. The maximum absolute atomic E-state index is 4.49. The molecule has 5 heteroatoms. The Balaban J connectivity index is 1.36. The van der Waals surface area contributed by atoms with E-state index in [9.17, 15) is 0 Å². The highest BCUT2D eigenvalue weighted by molar-refractivity contribution is 7.99. The third-order valence-corrected chi connectivity index (χ3v) is 5.24. The van der Waals surface area contributed by atoms with E-state index in [-0.39, 0.29) is 0 Å². The summed E-state index contributed by atoms with van der Waals surface area (Å²) in [5.41, 5.74) is 3.46. The van der Waals surface area contributed by atoms with Crippen molar-refractivity contribution in [3.05, 3.63) is 47.8 Å². The molecule has 128 valence electrons. The van der Waals surface area contributed by atoms with E-state index < -0.39 is 0 Å².